The molecule has 1 aliphatic heterocycles. The number of hydrogen-bond acceptors (Lipinski definition) is 6. The molecule has 5 rings (SSSR count). The minimum atomic E-state index is -4.73. The van der Waals surface area contributed by atoms with Gasteiger partial charge in [0.2, 0.25) is 0 Å². The Morgan fingerprint density at radius 2 is 1.90 bits per heavy atom. The maximum atomic E-state index is 14.0. The summed E-state index contributed by atoms with van der Waals surface area (Å²) in [4.78, 5) is 17.6. The first-order valence-corrected chi connectivity index (χ1v) is 14.1. The predicted octanol–water partition coefficient (Wildman–Crippen LogP) is 7.03. The molecule has 2 aromatic carbocycles. The van der Waals surface area contributed by atoms with Crippen LogP contribution in [-0.4, -0.2) is 17.1 Å². The van der Waals surface area contributed by atoms with Gasteiger partial charge in [0, 0.05) is 22.6 Å². The van der Waals surface area contributed by atoms with Crippen molar-refractivity contribution in [3.05, 3.63) is 85.4 Å². The molecular formula is C28H24BClF3IN2O4. The Labute approximate surface area is 247 Å². The highest BCUT2D eigenvalue weighted by atomic mass is 127. The molecule has 0 saturated carbocycles. The van der Waals surface area contributed by atoms with Crippen LogP contribution in [0.1, 0.15) is 57.4 Å². The van der Waals surface area contributed by atoms with Gasteiger partial charge in [-0.2, -0.15) is 13.2 Å². The summed E-state index contributed by atoms with van der Waals surface area (Å²) in [5.41, 5.74) is 2.18. The summed E-state index contributed by atoms with van der Waals surface area (Å²) in [5.74, 6) is 0.589. The summed E-state index contributed by atoms with van der Waals surface area (Å²) in [6.07, 6.45) is -4.73. The maximum Gasteiger partial charge on any atom is 0.492 e. The number of halogens is 5. The molecule has 0 radical (unpaired) electrons. The van der Waals surface area contributed by atoms with Crippen LogP contribution in [-0.2, 0) is 17.4 Å². The largest absolute Gasteiger partial charge is 0.492 e. The van der Waals surface area contributed by atoms with E-state index < -0.39 is 22.9 Å². The standard InChI is InChI=1S/C28H24BClF3IN2O4/c1-12(2)25-14(4)24(37)17-7-13(3)8-18(26(17)40-25)27(34)35-20-5-6-21(30)36-23(20)15-9-16-11-39-29(38)22(16)19(10-15)28(31,32)33/h5-10,12,27,35,38H,11H2,1-4H3/t27-/m1/s1. The van der Waals surface area contributed by atoms with E-state index >= 15 is 0 Å². The second-order valence-electron chi connectivity index (χ2n) is 10.1. The van der Waals surface area contributed by atoms with Gasteiger partial charge in [0.25, 0.3) is 0 Å². The number of anilines is 1. The van der Waals surface area contributed by atoms with Gasteiger partial charge in [-0.15, -0.1) is 0 Å². The first kappa shape index (κ1) is 28.9. The second kappa shape index (κ2) is 10.7. The summed E-state index contributed by atoms with van der Waals surface area (Å²) >= 11 is 8.35. The van der Waals surface area contributed by atoms with Crippen molar-refractivity contribution in [1.82, 2.24) is 4.98 Å². The number of nitrogens with one attached hydrogen (secondary N) is 1. The molecule has 0 aliphatic carbocycles. The number of benzene rings is 2. The molecule has 4 aromatic rings. The molecule has 12 heteroatoms. The number of aromatic nitrogens is 1. The average Bonchev–Trinajstić information content (AvgIpc) is 3.26. The molecule has 0 spiro atoms. The number of fused-ring (bicyclic) bond motifs is 2. The summed E-state index contributed by atoms with van der Waals surface area (Å²) in [6.45, 7) is 7.37. The normalized spacial score (nSPS) is 14.2. The van der Waals surface area contributed by atoms with Crippen LogP contribution in [0.2, 0.25) is 5.15 Å². The van der Waals surface area contributed by atoms with Crippen LogP contribution in [0, 0.1) is 13.8 Å². The smallest absolute Gasteiger partial charge is 0.460 e. The number of alkyl halides is 4. The fourth-order valence-electron chi connectivity index (χ4n) is 5.06. The van der Waals surface area contributed by atoms with E-state index in [4.69, 9.17) is 20.7 Å². The van der Waals surface area contributed by atoms with Gasteiger partial charge in [0.15, 0.2) is 5.43 Å². The Morgan fingerprint density at radius 1 is 1.18 bits per heavy atom. The fourth-order valence-corrected chi connectivity index (χ4v) is 6.00. The Hall–Kier alpha value is -2.61. The third-order valence-corrected chi connectivity index (χ3v) is 8.05. The lowest BCUT2D eigenvalue weighted by Gasteiger charge is -2.20. The monoisotopic (exact) mass is 682 g/mol. The first-order valence-electron chi connectivity index (χ1n) is 12.4. The third-order valence-electron chi connectivity index (χ3n) is 6.86. The molecule has 0 fully saturated rings. The van der Waals surface area contributed by atoms with Gasteiger partial charge in [0.05, 0.1) is 28.9 Å². The lowest BCUT2D eigenvalue weighted by molar-refractivity contribution is -0.136. The van der Waals surface area contributed by atoms with Crippen molar-refractivity contribution in [2.75, 3.05) is 5.32 Å². The highest BCUT2D eigenvalue weighted by Crippen LogP contribution is 2.39. The van der Waals surface area contributed by atoms with Crippen molar-refractivity contribution in [3.63, 3.8) is 0 Å². The number of nitrogens with zero attached hydrogens (tertiary/aromatic N) is 1. The van der Waals surface area contributed by atoms with E-state index in [0.717, 1.165) is 11.6 Å². The number of rotatable bonds is 5. The molecular weight excluding hydrogens is 658 g/mol. The summed E-state index contributed by atoms with van der Waals surface area (Å²) in [7, 11) is -1.66. The molecule has 0 amide bonds. The Bertz CT molecular complexity index is 1710. The van der Waals surface area contributed by atoms with E-state index in [1.807, 2.05) is 26.8 Å². The van der Waals surface area contributed by atoms with Crippen LogP contribution in [0.4, 0.5) is 18.9 Å². The lowest BCUT2D eigenvalue weighted by Crippen LogP contribution is -2.34. The average molecular weight is 683 g/mol. The summed E-state index contributed by atoms with van der Waals surface area (Å²) < 4.78 is 52.9. The molecule has 6 nitrogen and oxygen atoms in total. The zero-order valence-electron chi connectivity index (χ0n) is 21.9. The third kappa shape index (κ3) is 5.24. The van der Waals surface area contributed by atoms with Crippen LogP contribution in [0.15, 0.2) is 45.6 Å². The van der Waals surface area contributed by atoms with Crippen LogP contribution in [0.3, 0.4) is 0 Å². The van der Waals surface area contributed by atoms with Gasteiger partial charge >= 0.3 is 13.3 Å². The quantitative estimate of drug-likeness (QED) is 0.0774. The molecule has 40 heavy (non-hydrogen) atoms. The van der Waals surface area contributed by atoms with Gasteiger partial charge in [-0.3, -0.25) is 4.79 Å². The molecule has 1 atom stereocenters. The molecule has 1 aliphatic rings. The van der Waals surface area contributed by atoms with Crippen molar-refractivity contribution in [3.8, 4) is 11.3 Å². The van der Waals surface area contributed by atoms with Crippen molar-refractivity contribution >= 4 is 63.4 Å². The topological polar surface area (TPSA) is 84.6 Å². The van der Waals surface area contributed by atoms with E-state index in [1.54, 1.807) is 19.1 Å². The van der Waals surface area contributed by atoms with Gasteiger partial charge in [-0.25, -0.2) is 4.98 Å². The van der Waals surface area contributed by atoms with E-state index in [2.05, 4.69) is 32.9 Å². The van der Waals surface area contributed by atoms with Gasteiger partial charge in [-0.05, 0) is 66.8 Å². The van der Waals surface area contributed by atoms with E-state index in [-0.39, 0.29) is 45.4 Å². The number of hydrogen-bond donors (Lipinski definition) is 2. The Balaban J connectivity index is 1.64. The van der Waals surface area contributed by atoms with Gasteiger partial charge < -0.3 is 19.4 Å². The summed E-state index contributed by atoms with van der Waals surface area (Å²) in [5, 5.41) is 13.9. The lowest BCUT2D eigenvalue weighted by atomic mass is 9.75. The van der Waals surface area contributed by atoms with Gasteiger partial charge in [0.1, 0.15) is 20.5 Å². The molecule has 0 unspecified atom stereocenters. The Kier molecular flexibility index (Phi) is 7.71. The van der Waals surface area contributed by atoms with Crippen molar-refractivity contribution < 1.29 is 27.3 Å². The second-order valence-corrected chi connectivity index (χ2v) is 11.7. The molecule has 3 heterocycles. The molecule has 208 valence electrons. The summed E-state index contributed by atoms with van der Waals surface area (Å²) in [6, 6.07) is 9.34. The first-order chi connectivity index (χ1) is 18.8. The van der Waals surface area contributed by atoms with Crippen molar-refractivity contribution in [2.24, 2.45) is 0 Å². The number of aryl methyl sites for hydroxylation is 1. The highest BCUT2D eigenvalue weighted by molar-refractivity contribution is 14.1. The van der Waals surface area contributed by atoms with Crippen molar-refractivity contribution in [1.29, 1.82) is 0 Å². The Morgan fingerprint density at radius 3 is 2.58 bits per heavy atom. The minimum absolute atomic E-state index is 0.0101. The predicted molar refractivity (Wildman–Crippen MR) is 159 cm³/mol. The van der Waals surface area contributed by atoms with Crippen LogP contribution in [0.25, 0.3) is 22.2 Å². The highest BCUT2D eigenvalue weighted by Gasteiger charge is 2.42. The van der Waals surface area contributed by atoms with Crippen LogP contribution < -0.4 is 16.2 Å². The number of pyridine rings is 1. The van der Waals surface area contributed by atoms with E-state index in [9.17, 15) is 23.0 Å². The fraction of sp³-hybridized carbons (Fsp3) is 0.286. The van der Waals surface area contributed by atoms with Crippen LogP contribution in [0.5, 0.6) is 0 Å². The zero-order valence-corrected chi connectivity index (χ0v) is 24.8. The zero-order chi connectivity index (χ0) is 29.1. The molecule has 2 N–H and O–H groups in total. The van der Waals surface area contributed by atoms with E-state index in [1.165, 1.54) is 12.1 Å². The SMILES string of the molecule is Cc1cc([C@H](I)Nc2ccc(Cl)nc2-c2cc3c(c(C(F)(F)F)c2)B(O)OC3)c2oc(C(C)C)c(C)c(=O)c2c1. The van der Waals surface area contributed by atoms with Crippen LogP contribution >= 0.6 is 34.2 Å². The molecule has 0 saturated heterocycles. The minimum Gasteiger partial charge on any atom is -0.460 e. The molecule has 0 bridgehead atoms. The molecule has 2 aromatic heterocycles. The van der Waals surface area contributed by atoms with Gasteiger partial charge in [-0.1, -0.05) is 48.0 Å². The van der Waals surface area contributed by atoms with E-state index in [0.29, 0.717) is 33.5 Å². The maximum absolute atomic E-state index is 14.0. The van der Waals surface area contributed by atoms with Crippen molar-refractivity contribution in [2.45, 2.75) is 50.4 Å².